The van der Waals surface area contributed by atoms with Crippen LogP contribution in [0.2, 0.25) is 0 Å². The van der Waals surface area contributed by atoms with Crippen molar-refractivity contribution in [1.82, 2.24) is 14.9 Å². The van der Waals surface area contributed by atoms with Gasteiger partial charge in [-0.2, -0.15) is 0 Å². The Morgan fingerprint density at radius 3 is 2.88 bits per heavy atom. The smallest absolute Gasteiger partial charge is 0.261 e. The maximum Gasteiger partial charge on any atom is 0.261 e. The minimum atomic E-state index is -0.711. The number of aromatic nitrogens is 2. The second kappa shape index (κ2) is 8.95. The van der Waals surface area contributed by atoms with Gasteiger partial charge in [0.2, 0.25) is 0 Å². The van der Waals surface area contributed by atoms with Crippen molar-refractivity contribution in [2.24, 2.45) is 0 Å². The third-order valence-corrected chi connectivity index (χ3v) is 5.07. The summed E-state index contributed by atoms with van der Waals surface area (Å²) >= 11 is 0. The molecule has 2 heterocycles. The normalized spacial score (nSPS) is 21.4. The highest BCUT2D eigenvalue weighted by Gasteiger charge is 2.25. The highest BCUT2D eigenvalue weighted by atomic mass is 35.5. The number of aliphatic hydroxyl groups excluding tert-OH is 2. The quantitative estimate of drug-likeness (QED) is 0.731. The summed E-state index contributed by atoms with van der Waals surface area (Å²) in [7, 11) is 0. The number of aliphatic hydroxyl groups is 2. The van der Waals surface area contributed by atoms with Gasteiger partial charge in [0.1, 0.15) is 0 Å². The zero-order chi connectivity index (χ0) is 18.0. The molecule has 1 saturated heterocycles. The molecule has 0 aliphatic carbocycles. The van der Waals surface area contributed by atoms with Gasteiger partial charge in [-0.05, 0) is 56.3 Å². The van der Waals surface area contributed by atoms with Crippen LogP contribution in [0.1, 0.15) is 37.3 Å². The first-order valence-corrected chi connectivity index (χ1v) is 9.07. The summed E-state index contributed by atoms with van der Waals surface area (Å²) < 4.78 is 1.47. The molecule has 2 aromatic rings. The number of nitrogens with zero attached hydrogens (tertiary/aromatic N) is 2. The largest absolute Gasteiger partial charge is 0.392 e. The van der Waals surface area contributed by atoms with Gasteiger partial charge in [0.15, 0.2) is 0 Å². The van der Waals surface area contributed by atoms with Crippen molar-refractivity contribution >= 4 is 23.3 Å². The molecule has 1 aromatic heterocycles. The number of hydrogen-bond donors (Lipinski definition) is 3. The van der Waals surface area contributed by atoms with Crippen molar-refractivity contribution in [3.63, 3.8) is 0 Å². The van der Waals surface area contributed by atoms with Gasteiger partial charge in [-0.1, -0.05) is 13.0 Å². The molecule has 1 aliphatic rings. The Balaban J connectivity index is 0.00000243. The summed E-state index contributed by atoms with van der Waals surface area (Å²) in [5, 5.41) is 24.2. The number of piperidine rings is 1. The van der Waals surface area contributed by atoms with E-state index in [0.29, 0.717) is 11.8 Å². The Labute approximate surface area is 159 Å². The first kappa shape index (κ1) is 20.8. The Hall–Kier alpha value is -1.47. The molecule has 7 heteroatoms. The molecule has 1 aromatic carbocycles. The molecule has 0 unspecified atom stereocenters. The Morgan fingerprint density at radius 2 is 2.19 bits per heavy atom. The van der Waals surface area contributed by atoms with Crippen LogP contribution in [0.25, 0.3) is 10.9 Å². The van der Waals surface area contributed by atoms with E-state index >= 15 is 0 Å². The molecule has 0 saturated carbocycles. The zero-order valence-electron chi connectivity index (χ0n) is 15.3. The Morgan fingerprint density at radius 1 is 1.42 bits per heavy atom. The van der Waals surface area contributed by atoms with Gasteiger partial charge < -0.3 is 15.5 Å². The minimum Gasteiger partial charge on any atom is -0.392 e. The summed E-state index contributed by atoms with van der Waals surface area (Å²) in [6.45, 7) is 5.05. The SMILES string of the molecule is CCc1cc(C)c2ncn(C[C@@H](O)C[C@H]3NCCC[C@@H]3O)c(=O)c2c1.Cl. The molecule has 1 aliphatic heterocycles. The maximum absolute atomic E-state index is 12.8. The minimum absolute atomic E-state index is 0. The molecule has 6 nitrogen and oxygen atoms in total. The average Bonchev–Trinajstić information content (AvgIpc) is 2.59. The van der Waals surface area contributed by atoms with Gasteiger partial charge in [-0.3, -0.25) is 9.36 Å². The first-order valence-electron chi connectivity index (χ1n) is 9.07. The lowest BCUT2D eigenvalue weighted by molar-refractivity contribution is 0.0539. The summed E-state index contributed by atoms with van der Waals surface area (Å²) in [6, 6.07) is 3.83. The molecule has 1 fully saturated rings. The lowest BCUT2D eigenvalue weighted by atomic mass is 9.96. The van der Waals surface area contributed by atoms with Crippen LogP contribution in [0.4, 0.5) is 0 Å². The fourth-order valence-electron chi connectivity index (χ4n) is 3.63. The van der Waals surface area contributed by atoms with E-state index < -0.39 is 12.2 Å². The molecular weight excluding hydrogens is 354 g/mol. The van der Waals surface area contributed by atoms with Crippen molar-refractivity contribution < 1.29 is 10.2 Å². The first-order chi connectivity index (χ1) is 12.0. The van der Waals surface area contributed by atoms with Gasteiger partial charge in [0.05, 0.1) is 36.0 Å². The molecular formula is C19H28ClN3O3. The van der Waals surface area contributed by atoms with Crippen LogP contribution in [0.3, 0.4) is 0 Å². The van der Waals surface area contributed by atoms with Crippen LogP contribution < -0.4 is 10.9 Å². The number of rotatable bonds is 5. The lowest BCUT2D eigenvalue weighted by Gasteiger charge is -2.30. The van der Waals surface area contributed by atoms with E-state index in [0.717, 1.165) is 42.5 Å². The van der Waals surface area contributed by atoms with E-state index in [1.807, 2.05) is 13.0 Å². The number of fused-ring (bicyclic) bond motifs is 1. The van der Waals surface area contributed by atoms with Gasteiger partial charge in [0, 0.05) is 6.04 Å². The van der Waals surface area contributed by atoms with E-state index in [4.69, 9.17) is 0 Å². The predicted octanol–water partition coefficient (Wildman–Crippen LogP) is 1.55. The molecule has 144 valence electrons. The van der Waals surface area contributed by atoms with E-state index in [1.165, 1.54) is 10.9 Å². The molecule has 0 bridgehead atoms. The monoisotopic (exact) mass is 381 g/mol. The van der Waals surface area contributed by atoms with Crippen LogP contribution in [-0.4, -0.2) is 44.6 Å². The fraction of sp³-hybridized carbons (Fsp3) is 0.579. The summed E-state index contributed by atoms with van der Waals surface area (Å²) in [5.74, 6) is 0. The average molecular weight is 382 g/mol. The lowest BCUT2D eigenvalue weighted by Crippen LogP contribution is -2.47. The molecule has 0 radical (unpaired) electrons. The van der Waals surface area contributed by atoms with Gasteiger partial charge in [0.25, 0.3) is 5.56 Å². The highest BCUT2D eigenvalue weighted by molar-refractivity contribution is 5.85. The second-order valence-electron chi connectivity index (χ2n) is 7.02. The second-order valence-corrected chi connectivity index (χ2v) is 7.02. The van der Waals surface area contributed by atoms with Crippen LogP contribution in [0, 0.1) is 6.92 Å². The summed E-state index contributed by atoms with van der Waals surface area (Å²) in [6.07, 6.45) is 3.33. The van der Waals surface area contributed by atoms with Gasteiger partial charge in [-0.25, -0.2) is 4.98 Å². The Bertz CT molecular complexity index is 808. The van der Waals surface area contributed by atoms with Crippen LogP contribution in [0.15, 0.2) is 23.3 Å². The number of nitrogens with one attached hydrogen (secondary N) is 1. The van der Waals surface area contributed by atoms with Gasteiger partial charge >= 0.3 is 0 Å². The molecule has 3 N–H and O–H groups in total. The number of benzene rings is 1. The van der Waals surface area contributed by atoms with Crippen molar-refractivity contribution in [3.05, 3.63) is 39.9 Å². The Kier molecular flexibility index (Phi) is 7.17. The summed E-state index contributed by atoms with van der Waals surface area (Å²) in [4.78, 5) is 17.2. The van der Waals surface area contributed by atoms with Crippen LogP contribution >= 0.6 is 12.4 Å². The van der Waals surface area contributed by atoms with Crippen molar-refractivity contribution in [2.45, 2.75) is 64.3 Å². The number of aryl methyl sites for hydroxylation is 2. The topological polar surface area (TPSA) is 87.4 Å². The van der Waals surface area contributed by atoms with Gasteiger partial charge in [-0.15, -0.1) is 12.4 Å². The summed E-state index contributed by atoms with van der Waals surface area (Å²) in [5.41, 5.74) is 2.70. The maximum atomic E-state index is 12.8. The van der Waals surface area contributed by atoms with E-state index in [2.05, 4.69) is 23.3 Å². The third-order valence-electron chi connectivity index (χ3n) is 5.07. The molecule has 0 spiro atoms. The molecule has 26 heavy (non-hydrogen) atoms. The molecule has 3 atom stereocenters. The number of hydrogen-bond acceptors (Lipinski definition) is 5. The van der Waals surface area contributed by atoms with E-state index in [9.17, 15) is 15.0 Å². The van der Waals surface area contributed by atoms with Crippen molar-refractivity contribution in [1.29, 1.82) is 0 Å². The standard InChI is InChI=1S/C19H27N3O3.ClH/c1-3-13-7-12(2)18-15(8-13)19(25)22(11-21-18)10-14(23)9-16-17(24)5-4-6-20-16;/h7-8,11,14,16-17,20,23-24H,3-6,9-10H2,1-2H3;1H/t14-,16+,17-;/m0./s1. The van der Waals surface area contributed by atoms with Crippen molar-refractivity contribution in [3.8, 4) is 0 Å². The fourth-order valence-corrected chi connectivity index (χ4v) is 3.63. The van der Waals surface area contributed by atoms with E-state index in [1.54, 1.807) is 0 Å². The van der Waals surface area contributed by atoms with Crippen LogP contribution in [0.5, 0.6) is 0 Å². The van der Waals surface area contributed by atoms with E-state index in [-0.39, 0.29) is 30.6 Å². The molecule has 0 amide bonds. The third kappa shape index (κ3) is 4.43. The highest BCUT2D eigenvalue weighted by Crippen LogP contribution is 2.17. The van der Waals surface area contributed by atoms with Crippen molar-refractivity contribution in [2.75, 3.05) is 6.54 Å². The predicted molar refractivity (Wildman–Crippen MR) is 105 cm³/mol. The zero-order valence-corrected chi connectivity index (χ0v) is 16.1. The number of halogens is 1. The molecule has 3 rings (SSSR count). The van der Waals surface area contributed by atoms with Crippen LogP contribution in [-0.2, 0) is 13.0 Å².